The van der Waals surface area contributed by atoms with E-state index in [9.17, 15) is 5.11 Å². The minimum absolute atomic E-state index is 0.327. The lowest BCUT2D eigenvalue weighted by Gasteiger charge is -2.29. The van der Waals surface area contributed by atoms with Crippen molar-refractivity contribution in [2.45, 2.75) is 39.0 Å². The summed E-state index contributed by atoms with van der Waals surface area (Å²) >= 11 is 11.7. The number of halogens is 2. The molecule has 0 aliphatic carbocycles. The molecular formula is C12H17Cl2NO. The lowest BCUT2D eigenvalue weighted by molar-refractivity contribution is 0.0956. The van der Waals surface area contributed by atoms with Crippen LogP contribution in [0, 0.1) is 0 Å². The Hall–Kier alpha value is -0.280. The molecule has 0 saturated carbocycles. The van der Waals surface area contributed by atoms with Gasteiger partial charge in [0.05, 0.1) is 16.1 Å². The predicted molar refractivity (Wildman–Crippen MR) is 69.1 cm³/mol. The smallest absolute Gasteiger partial charge is 0.0688 e. The van der Waals surface area contributed by atoms with Crippen LogP contribution in [0.1, 0.15) is 26.3 Å². The number of nitrogens with one attached hydrogen (secondary N) is 1. The molecule has 2 nitrogen and oxygen atoms in total. The lowest BCUT2D eigenvalue weighted by Crippen LogP contribution is -2.47. The molecule has 1 atom stereocenters. The summed E-state index contributed by atoms with van der Waals surface area (Å²) in [6, 6.07) is 5.52. The zero-order valence-corrected chi connectivity index (χ0v) is 11.2. The summed E-state index contributed by atoms with van der Waals surface area (Å²) < 4.78 is 0. The molecule has 0 amide bonds. The molecule has 1 aromatic carbocycles. The number of hydrogen-bond acceptors (Lipinski definition) is 2. The third-order valence-electron chi connectivity index (χ3n) is 2.78. The molecule has 0 aromatic heterocycles. The maximum Gasteiger partial charge on any atom is 0.0688 e. The third-order valence-corrected chi connectivity index (χ3v) is 3.52. The van der Waals surface area contributed by atoms with Crippen LogP contribution in [0.2, 0.25) is 10.0 Å². The number of hydrogen-bond donors (Lipinski definition) is 2. The summed E-state index contributed by atoms with van der Waals surface area (Å²) in [5.41, 5.74) is 0.717. The summed E-state index contributed by atoms with van der Waals surface area (Å²) in [6.45, 7) is 6.32. The average molecular weight is 262 g/mol. The first-order chi connectivity index (χ1) is 7.33. The molecule has 0 aliphatic heterocycles. The van der Waals surface area contributed by atoms with E-state index in [1.165, 1.54) is 0 Å². The van der Waals surface area contributed by atoms with Crippen molar-refractivity contribution in [1.29, 1.82) is 0 Å². The Morgan fingerprint density at radius 2 is 1.94 bits per heavy atom. The van der Waals surface area contributed by atoms with Crippen molar-refractivity contribution in [3.8, 4) is 0 Å². The fourth-order valence-electron chi connectivity index (χ4n) is 1.13. The van der Waals surface area contributed by atoms with Gasteiger partial charge in [-0.3, -0.25) is 0 Å². The highest BCUT2D eigenvalue weighted by Crippen LogP contribution is 2.22. The topological polar surface area (TPSA) is 32.3 Å². The fourth-order valence-corrected chi connectivity index (χ4v) is 1.45. The quantitative estimate of drug-likeness (QED) is 0.873. The minimum atomic E-state index is -0.421. The first kappa shape index (κ1) is 13.8. The number of aliphatic hydroxyl groups is 1. The van der Waals surface area contributed by atoms with Gasteiger partial charge in [-0.1, -0.05) is 29.3 Å². The monoisotopic (exact) mass is 261 g/mol. The van der Waals surface area contributed by atoms with Gasteiger partial charge in [0, 0.05) is 12.1 Å². The predicted octanol–water partition coefficient (Wildman–Crippen LogP) is 3.24. The van der Waals surface area contributed by atoms with E-state index in [1.807, 2.05) is 26.0 Å². The highest BCUT2D eigenvalue weighted by molar-refractivity contribution is 6.42. The maximum atomic E-state index is 9.55. The van der Waals surface area contributed by atoms with Crippen molar-refractivity contribution >= 4 is 23.2 Å². The van der Waals surface area contributed by atoms with Crippen LogP contribution >= 0.6 is 23.2 Å². The maximum absolute atomic E-state index is 9.55. The van der Waals surface area contributed by atoms with Crippen LogP contribution in [0.5, 0.6) is 0 Å². The van der Waals surface area contributed by atoms with Gasteiger partial charge in [-0.05, 0) is 38.5 Å². The highest BCUT2D eigenvalue weighted by Gasteiger charge is 2.22. The molecule has 1 unspecified atom stereocenters. The van der Waals surface area contributed by atoms with Gasteiger partial charge in [-0.15, -0.1) is 0 Å². The van der Waals surface area contributed by atoms with Crippen molar-refractivity contribution in [3.05, 3.63) is 33.8 Å². The van der Waals surface area contributed by atoms with Crippen molar-refractivity contribution in [2.24, 2.45) is 0 Å². The van der Waals surface area contributed by atoms with Crippen LogP contribution in [0.15, 0.2) is 18.2 Å². The van der Waals surface area contributed by atoms with Crippen LogP contribution < -0.4 is 5.32 Å². The van der Waals surface area contributed by atoms with Crippen LogP contribution in [0.4, 0.5) is 0 Å². The molecule has 1 rings (SSSR count). The van der Waals surface area contributed by atoms with Crippen molar-refractivity contribution in [1.82, 2.24) is 5.32 Å². The summed E-state index contributed by atoms with van der Waals surface area (Å²) in [7, 11) is 0. The van der Waals surface area contributed by atoms with Crippen LogP contribution in [0.25, 0.3) is 0 Å². The molecule has 0 aliphatic rings. The van der Waals surface area contributed by atoms with E-state index in [1.54, 1.807) is 13.0 Å². The molecule has 0 bridgehead atoms. The summed E-state index contributed by atoms with van der Waals surface area (Å²) in [5, 5.41) is 13.9. The molecule has 0 fully saturated rings. The standard InChI is InChI=1S/C12H17Cl2NO/c1-8(16)12(2,3)15-7-9-4-5-10(13)11(14)6-9/h4-6,8,15-16H,7H2,1-3H3. The van der Waals surface area contributed by atoms with E-state index >= 15 is 0 Å². The number of benzene rings is 1. The van der Waals surface area contributed by atoms with E-state index in [0.29, 0.717) is 16.6 Å². The molecular weight excluding hydrogens is 245 g/mol. The first-order valence-electron chi connectivity index (χ1n) is 5.20. The zero-order chi connectivity index (χ0) is 12.3. The van der Waals surface area contributed by atoms with Gasteiger partial charge in [-0.2, -0.15) is 0 Å². The molecule has 2 N–H and O–H groups in total. The SMILES string of the molecule is CC(O)C(C)(C)NCc1ccc(Cl)c(Cl)c1. The molecule has 90 valence electrons. The first-order valence-corrected chi connectivity index (χ1v) is 5.95. The normalized spacial score (nSPS) is 13.9. The second-order valence-corrected chi connectivity index (χ2v) is 5.31. The fraction of sp³-hybridized carbons (Fsp3) is 0.500. The summed E-state index contributed by atoms with van der Waals surface area (Å²) in [4.78, 5) is 0. The second kappa shape index (κ2) is 5.37. The molecule has 0 spiro atoms. The van der Waals surface area contributed by atoms with Gasteiger partial charge in [-0.25, -0.2) is 0 Å². The average Bonchev–Trinajstić information content (AvgIpc) is 2.20. The van der Waals surface area contributed by atoms with Gasteiger partial charge in [0.15, 0.2) is 0 Å². The Balaban J connectivity index is 2.65. The van der Waals surface area contributed by atoms with Crippen molar-refractivity contribution < 1.29 is 5.11 Å². The van der Waals surface area contributed by atoms with Crippen molar-refractivity contribution in [2.75, 3.05) is 0 Å². The molecule has 0 heterocycles. The third kappa shape index (κ3) is 3.63. The van der Waals surface area contributed by atoms with Gasteiger partial charge < -0.3 is 10.4 Å². The van der Waals surface area contributed by atoms with Crippen molar-refractivity contribution in [3.63, 3.8) is 0 Å². The van der Waals surface area contributed by atoms with E-state index in [4.69, 9.17) is 23.2 Å². The van der Waals surface area contributed by atoms with E-state index in [2.05, 4.69) is 5.32 Å². The Morgan fingerprint density at radius 1 is 1.31 bits per heavy atom. The minimum Gasteiger partial charge on any atom is -0.392 e. The lowest BCUT2D eigenvalue weighted by atomic mass is 9.98. The Labute approximate surface area is 107 Å². The van der Waals surface area contributed by atoms with Crippen LogP contribution in [-0.2, 0) is 6.54 Å². The summed E-state index contributed by atoms with van der Waals surface area (Å²) in [5.74, 6) is 0. The molecule has 0 saturated heterocycles. The van der Waals surface area contributed by atoms with E-state index < -0.39 is 6.10 Å². The largest absolute Gasteiger partial charge is 0.392 e. The van der Waals surface area contributed by atoms with Gasteiger partial charge in [0.1, 0.15) is 0 Å². The van der Waals surface area contributed by atoms with E-state index in [-0.39, 0.29) is 5.54 Å². The van der Waals surface area contributed by atoms with Gasteiger partial charge >= 0.3 is 0 Å². The van der Waals surface area contributed by atoms with Gasteiger partial charge in [0.2, 0.25) is 0 Å². The van der Waals surface area contributed by atoms with Crippen LogP contribution in [0.3, 0.4) is 0 Å². The number of aliphatic hydroxyl groups excluding tert-OH is 1. The zero-order valence-electron chi connectivity index (χ0n) is 9.72. The Morgan fingerprint density at radius 3 is 2.44 bits per heavy atom. The molecule has 0 radical (unpaired) electrons. The molecule has 4 heteroatoms. The summed E-state index contributed by atoms with van der Waals surface area (Å²) in [6.07, 6.45) is -0.421. The number of rotatable bonds is 4. The Bertz CT molecular complexity index is 364. The Kier molecular flexibility index (Phi) is 4.62. The van der Waals surface area contributed by atoms with E-state index in [0.717, 1.165) is 5.56 Å². The van der Waals surface area contributed by atoms with Gasteiger partial charge in [0.25, 0.3) is 0 Å². The molecule has 1 aromatic rings. The van der Waals surface area contributed by atoms with Crippen LogP contribution in [-0.4, -0.2) is 16.7 Å². The second-order valence-electron chi connectivity index (χ2n) is 4.50. The molecule has 16 heavy (non-hydrogen) atoms. The highest BCUT2D eigenvalue weighted by atomic mass is 35.5.